The van der Waals surface area contributed by atoms with Crippen LogP contribution in [0.25, 0.3) is 0 Å². The summed E-state index contributed by atoms with van der Waals surface area (Å²) in [7, 11) is 0. The molecule has 0 atom stereocenters. The van der Waals surface area contributed by atoms with E-state index in [2.05, 4.69) is 5.32 Å². The smallest absolute Gasteiger partial charge is 0.337 e. The van der Waals surface area contributed by atoms with E-state index in [0.29, 0.717) is 30.3 Å². The molecule has 0 aliphatic heterocycles. The number of carboxylic acids is 1. The summed E-state index contributed by atoms with van der Waals surface area (Å²) in [6.45, 7) is 3.02. The lowest BCUT2D eigenvalue weighted by Gasteiger charge is -2.14. The Hall–Kier alpha value is -2.44. The molecule has 0 saturated heterocycles. The first kappa shape index (κ1) is 18.9. The molecule has 2 aromatic rings. The first-order valence-corrected chi connectivity index (χ1v) is 8.19. The highest BCUT2D eigenvalue weighted by Gasteiger charge is 2.10. The first-order chi connectivity index (χ1) is 12.0. The number of hydrogen-bond donors (Lipinski definition) is 3. The lowest BCUT2D eigenvalue weighted by molar-refractivity contribution is 0.0697. The van der Waals surface area contributed by atoms with Crippen molar-refractivity contribution in [3.63, 3.8) is 0 Å². The minimum absolute atomic E-state index is 0.0660. The molecule has 0 radical (unpaired) electrons. The average Bonchev–Trinajstić information content (AvgIpc) is 2.59. The van der Waals surface area contributed by atoms with Gasteiger partial charge in [0.05, 0.1) is 23.8 Å². The second kappa shape index (κ2) is 9.15. The van der Waals surface area contributed by atoms with E-state index in [-0.39, 0.29) is 23.8 Å². The summed E-state index contributed by atoms with van der Waals surface area (Å²) in [5.41, 5.74) is 1.74. The summed E-state index contributed by atoms with van der Waals surface area (Å²) in [6, 6.07) is 10.2. The van der Waals surface area contributed by atoms with E-state index < -0.39 is 5.97 Å². The summed E-state index contributed by atoms with van der Waals surface area (Å²) < 4.78 is 11.0. The van der Waals surface area contributed by atoms with Gasteiger partial charge in [0.25, 0.3) is 0 Å². The second-order valence-electron chi connectivity index (χ2n) is 5.14. The number of rotatable bonds is 9. The van der Waals surface area contributed by atoms with Gasteiger partial charge in [0, 0.05) is 12.2 Å². The molecule has 7 heteroatoms. The van der Waals surface area contributed by atoms with Gasteiger partial charge in [0.15, 0.2) is 11.5 Å². The Morgan fingerprint density at radius 1 is 1.16 bits per heavy atom. The van der Waals surface area contributed by atoms with Gasteiger partial charge in [-0.05, 0) is 42.8 Å². The number of aromatic carboxylic acids is 1. The summed E-state index contributed by atoms with van der Waals surface area (Å²) in [6.07, 6.45) is 0. The van der Waals surface area contributed by atoms with Crippen LogP contribution in [0.2, 0.25) is 5.02 Å². The van der Waals surface area contributed by atoms with E-state index in [0.717, 1.165) is 5.56 Å². The Kier molecular flexibility index (Phi) is 6.91. The maximum absolute atomic E-state index is 11.0. The van der Waals surface area contributed by atoms with Gasteiger partial charge in [-0.2, -0.15) is 0 Å². The molecule has 25 heavy (non-hydrogen) atoms. The van der Waals surface area contributed by atoms with Gasteiger partial charge in [-0.15, -0.1) is 0 Å². The molecule has 0 aromatic heterocycles. The molecule has 0 aliphatic carbocycles. The zero-order chi connectivity index (χ0) is 18.2. The zero-order valence-electron chi connectivity index (χ0n) is 13.8. The fourth-order valence-corrected chi connectivity index (χ4v) is 2.47. The molecule has 0 amide bonds. The Labute approximate surface area is 151 Å². The van der Waals surface area contributed by atoms with Crippen molar-refractivity contribution in [3.8, 4) is 11.5 Å². The van der Waals surface area contributed by atoms with Crippen LogP contribution in [0.5, 0.6) is 11.5 Å². The average molecular weight is 366 g/mol. The van der Waals surface area contributed by atoms with E-state index in [9.17, 15) is 4.79 Å². The van der Waals surface area contributed by atoms with Crippen molar-refractivity contribution in [2.45, 2.75) is 13.5 Å². The van der Waals surface area contributed by atoms with Gasteiger partial charge >= 0.3 is 5.97 Å². The summed E-state index contributed by atoms with van der Waals surface area (Å²) in [5.74, 6) is 0.124. The van der Waals surface area contributed by atoms with E-state index in [1.54, 1.807) is 18.2 Å². The van der Waals surface area contributed by atoms with Crippen LogP contribution in [-0.2, 0) is 6.54 Å². The molecular weight excluding hydrogens is 346 g/mol. The Morgan fingerprint density at radius 2 is 1.96 bits per heavy atom. The molecular formula is C18H20ClNO5. The van der Waals surface area contributed by atoms with Gasteiger partial charge < -0.3 is 25.0 Å². The number of anilines is 1. The quantitative estimate of drug-likeness (QED) is 0.631. The normalized spacial score (nSPS) is 10.4. The Morgan fingerprint density at radius 3 is 2.60 bits per heavy atom. The number of carbonyl (C=O) groups is 1. The number of aliphatic hydroxyl groups excluding tert-OH is 1. The number of benzene rings is 2. The van der Waals surface area contributed by atoms with Crippen LogP contribution in [0.4, 0.5) is 5.69 Å². The monoisotopic (exact) mass is 365 g/mol. The molecule has 0 unspecified atom stereocenters. The van der Waals surface area contributed by atoms with Gasteiger partial charge in [-0.3, -0.25) is 0 Å². The van der Waals surface area contributed by atoms with Gasteiger partial charge in [-0.1, -0.05) is 17.7 Å². The zero-order valence-corrected chi connectivity index (χ0v) is 14.5. The van der Waals surface area contributed by atoms with Crippen LogP contribution in [0.3, 0.4) is 0 Å². The Balaban J connectivity index is 2.08. The minimum atomic E-state index is -1.06. The molecule has 0 aliphatic rings. The predicted molar refractivity (Wildman–Crippen MR) is 95.9 cm³/mol. The number of carboxylic acid groups (broad SMARTS) is 1. The fourth-order valence-electron chi connectivity index (χ4n) is 2.21. The third-order valence-electron chi connectivity index (χ3n) is 3.35. The fraction of sp³-hybridized carbons (Fsp3) is 0.278. The van der Waals surface area contributed by atoms with Crippen molar-refractivity contribution in [3.05, 3.63) is 52.5 Å². The van der Waals surface area contributed by atoms with Crippen LogP contribution < -0.4 is 14.8 Å². The lowest BCUT2D eigenvalue weighted by atomic mass is 10.1. The standard InChI is InChI=1S/C18H20ClNO5/c1-2-24-17-9-12(3-6-16(17)25-8-7-21)11-20-13-4-5-14(18(22)23)15(19)10-13/h3-6,9-10,20-21H,2,7-8,11H2,1H3,(H,22,23). The van der Waals surface area contributed by atoms with E-state index in [1.165, 1.54) is 6.07 Å². The van der Waals surface area contributed by atoms with Gasteiger partial charge in [0.1, 0.15) is 6.61 Å². The highest BCUT2D eigenvalue weighted by molar-refractivity contribution is 6.33. The van der Waals surface area contributed by atoms with Crippen LogP contribution in [0, 0.1) is 0 Å². The number of aliphatic hydroxyl groups is 1. The van der Waals surface area contributed by atoms with Crippen molar-refractivity contribution in [1.82, 2.24) is 0 Å². The predicted octanol–water partition coefficient (Wildman–Crippen LogP) is 3.42. The summed E-state index contributed by atoms with van der Waals surface area (Å²) >= 11 is 5.96. The molecule has 0 bridgehead atoms. The second-order valence-corrected chi connectivity index (χ2v) is 5.55. The van der Waals surface area contributed by atoms with Gasteiger partial charge in [-0.25, -0.2) is 4.79 Å². The van der Waals surface area contributed by atoms with Crippen LogP contribution in [0.1, 0.15) is 22.8 Å². The summed E-state index contributed by atoms with van der Waals surface area (Å²) in [4.78, 5) is 11.0. The molecule has 6 nitrogen and oxygen atoms in total. The number of ether oxygens (including phenoxy) is 2. The van der Waals surface area contributed by atoms with Crippen molar-refractivity contribution < 1.29 is 24.5 Å². The summed E-state index contributed by atoms with van der Waals surface area (Å²) in [5, 5.41) is 21.2. The van der Waals surface area contributed by atoms with E-state index >= 15 is 0 Å². The highest BCUT2D eigenvalue weighted by atomic mass is 35.5. The number of hydrogen-bond acceptors (Lipinski definition) is 5. The van der Waals surface area contributed by atoms with E-state index in [4.69, 9.17) is 31.3 Å². The highest BCUT2D eigenvalue weighted by Crippen LogP contribution is 2.29. The lowest BCUT2D eigenvalue weighted by Crippen LogP contribution is -2.06. The van der Waals surface area contributed by atoms with Crippen molar-refractivity contribution >= 4 is 23.3 Å². The van der Waals surface area contributed by atoms with Gasteiger partial charge in [0.2, 0.25) is 0 Å². The SMILES string of the molecule is CCOc1cc(CNc2ccc(C(=O)O)c(Cl)c2)ccc1OCCO. The molecule has 134 valence electrons. The molecule has 0 saturated carbocycles. The molecule has 0 fully saturated rings. The van der Waals surface area contributed by atoms with Crippen LogP contribution in [0.15, 0.2) is 36.4 Å². The minimum Gasteiger partial charge on any atom is -0.490 e. The van der Waals surface area contributed by atoms with Crippen molar-refractivity contribution in [2.24, 2.45) is 0 Å². The maximum Gasteiger partial charge on any atom is 0.337 e. The van der Waals surface area contributed by atoms with E-state index in [1.807, 2.05) is 19.1 Å². The first-order valence-electron chi connectivity index (χ1n) is 7.81. The third kappa shape index (κ3) is 5.27. The van der Waals surface area contributed by atoms with Crippen molar-refractivity contribution in [2.75, 3.05) is 25.1 Å². The maximum atomic E-state index is 11.0. The molecule has 3 N–H and O–H groups in total. The van der Waals surface area contributed by atoms with Crippen molar-refractivity contribution in [1.29, 1.82) is 0 Å². The molecule has 0 heterocycles. The largest absolute Gasteiger partial charge is 0.490 e. The third-order valence-corrected chi connectivity index (χ3v) is 3.67. The van der Waals surface area contributed by atoms with Crippen LogP contribution in [-0.4, -0.2) is 36.0 Å². The topological polar surface area (TPSA) is 88.0 Å². The molecule has 2 rings (SSSR count). The number of halogens is 1. The number of nitrogens with one attached hydrogen (secondary N) is 1. The van der Waals surface area contributed by atoms with Crippen LogP contribution >= 0.6 is 11.6 Å². The Bertz CT molecular complexity index is 735. The molecule has 0 spiro atoms. The molecule has 2 aromatic carbocycles.